The van der Waals surface area contributed by atoms with E-state index in [9.17, 15) is 5.26 Å². The van der Waals surface area contributed by atoms with Gasteiger partial charge in [0.2, 0.25) is 0 Å². The van der Waals surface area contributed by atoms with Crippen molar-refractivity contribution in [2.75, 3.05) is 26.4 Å². The molecule has 0 atom stereocenters. The Kier molecular flexibility index (Phi) is 3.70. The Balaban J connectivity index is 1.76. The lowest BCUT2D eigenvalue weighted by Gasteiger charge is -2.41. The lowest BCUT2D eigenvalue weighted by atomic mass is 9.67. The minimum absolute atomic E-state index is 0.476. The van der Waals surface area contributed by atoms with Gasteiger partial charge in [-0.05, 0) is 37.8 Å². The maximum Gasteiger partial charge on any atom is 0.168 e. The van der Waals surface area contributed by atoms with E-state index in [1.54, 1.807) is 0 Å². The molecular weight excluding hydrogens is 306 g/mol. The topological polar surface area (TPSA) is 60.7 Å². The van der Waals surface area contributed by atoms with Crippen molar-refractivity contribution in [2.45, 2.75) is 50.7 Å². The lowest BCUT2D eigenvalue weighted by molar-refractivity contribution is -0.182. The highest BCUT2D eigenvalue weighted by molar-refractivity contribution is 5.60. The summed E-state index contributed by atoms with van der Waals surface area (Å²) in [6.07, 6.45) is 2.90. The molecule has 0 amide bonds. The van der Waals surface area contributed by atoms with Crippen LogP contribution in [0.3, 0.4) is 0 Å². The molecule has 24 heavy (non-hydrogen) atoms. The van der Waals surface area contributed by atoms with Crippen molar-refractivity contribution in [2.24, 2.45) is 0 Å². The number of nitrogens with zero attached hydrogens (tertiary/aromatic N) is 1. The number of benzene rings is 1. The first-order valence-corrected chi connectivity index (χ1v) is 8.69. The molecule has 0 N–H and O–H groups in total. The van der Waals surface area contributed by atoms with E-state index in [4.69, 9.17) is 18.9 Å². The van der Waals surface area contributed by atoms with Gasteiger partial charge in [0, 0.05) is 18.4 Å². The molecular formula is C19H23NO4. The van der Waals surface area contributed by atoms with Crippen LogP contribution in [0.4, 0.5) is 0 Å². The van der Waals surface area contributed by atoms with E-state index >= 15 is 0 Å². The molecule has 1 aliphatic carbocycles. The van der Waals surface area contributed by atoms with E-state index in [0.29, 0.717) is 39.3 Å². The van der Waals surface area contributed by atoms with Gasteiger partial charge in [-0.2, -0.15) is 5.26 Å². The molecule has 0 unspecified atom stereocenters. The zero-order valence-electron chi connectivity index (χ0n) is 14.3. The van der Waals surface area contributed by atoms with Crippen molar-refractivity contribution in [1.82, 2.24) is 0 Å². The van der Waals surface area contributed by atoms with Crippen molar-refractivity contribution in [3.63, 3.8) is 0 Å². The molecule has 3 aliphatic rings. The fourth-order valence-electron chi connectivity index (χ4n) is 4.39. The first kappa shape index (κ1) is 15.7. The Bertz CT molecular complexity index is 690. The average molecular weight is 329 g/mol. The normalized spacial score (nSPS) is 23.9. The summed E-state index contributed by atoms with van der Waals surface area (Å²) in [7, 11) is 0. The second-order valence-corrected chi connectivity index (χ2v) is 7.04. The molecule has 1 saturated heterocycles. The summed E-state index contributed by atoms with van der Waals surface area (Å²) in [5, 5.41) is 10.1. The van der Waals surface area contributed by atoms with Crippen molar-refractivity contribution >= 4 is 0 Å². The quantitative estimate of drug-likeness (QED) is 0.792. The Morgan fingerprint density at radius 1 is 0.875 bits per heavy atom. The highest BCUT2D eigenvalue weighted by atomic mass is 16.7. The van der Waals surface area contributed by atoms with E-state index < -0.39 is 11.2 Å². The number of hydrogen-bond acceptors (Lipinski definition) is 5. The molecule has 1 saturated carbocycles. The van der Waals surface area contributed by atoms with Crippen LogP contribution in [0.25, 0.3) is 0 Å². The molecule has 1 aromatic rings. The van der Waals surface area contributed by atoms with Crippen LogP contribution >= 0.6 is 0 Å². The molecule has 1 spiro atoms. The van der Waals surface area contributed by atoms with Gasteiger partial charge in [-0.3, -0.25) is 0 Å². The smallest absolute Gasteiger partial charge is 0.168 e. The van der Waals surface area contributed by atoms with Gasteiger partial charge in [0.15, 0.2) is 17.3 Å². The molecule has 5 nitrogen and oxygen atoms in total. The van der Waals surface area contributed by atoms with E-state index in [-0.39, 0.29) is 0 Å². The predicted molar refractivity (Wildman–Crippen MR) is 87.3 cm³/mol. The van der Waals surface area contributed by atoms with Crippen LogP contribution in [-0.4, -0.2) is 32.2 Å². The summed E-state index contributed by atoms with van der Waals surface area (Å²) in [5.41, 5.74) is 2.60. The molecule has 0 radical (unpaired) electrons. The van der Waals surface area contributed by atoms with Crippen molar-refractivity contribution in [3.05, 3.63) is 22.8 Å². The van der Waals surface area contributed by atoms with Gasteiger partial charge in [0.05, 0.1) is 24.7 Å². The van der Waals surface area contributed by atoms with E-state index in [1.807, 2.05) is 6.92 Å². The van der Waals surface area contributed by atoms with Gasteiger partial charge >= 0.3 is 0 Å². The van der Waals surface area contributed by atoms with Crippen molar-refractivity contribution in [3.8, 4) is 17.6 Å². The van der Waals surface area contributed by atoms with E-state index in [2.05, 4.69) is 19.1 Å². The summed E-state index contributed by atoms with van der Waals surface area (Å²) in [6.45, 7) is 6.47. The summed E-state index contributed by atoms with van der Waals surface area (Å²) in [4.78, 5) is 0. The van der Waals surface area contributed by atoms with Crippen LogP contribution in [0.15, 0.2) is 6.07 Å². The molecule has 0 aromatic heterocycles. The van der Waals surface area contributed by atoms with Crippen molar-refractivity contribution < 1.29 is 18.9 Å². The van der Waals surface area contributed by atoms with Gasteiger partial charge < -0.3 is 18.9 Å². The standard InChI is InChI=1S/C19H23NO4/c1-13-11-14(2)16-17(22-8-7-21-16)15(13)18(12-20)3-5-19(6-4-18)23-9-10-24-19/h11H,3-10H2,1-2H3. The molecule has 2 fully saturated rings. The number of rotatable bonds is 1. The molecule has 4 rings (SSSR count). The third kappa shape index (κ3) is 2.28. The van der Waals surface area contributed by atoms with Gasteiger partial charge in [-0.25, -0.2) is 0 Å². The molecule has 2 aliphatic heterocycles. The third-order valence-electron chi connectivity index (χ3n) is 5.57. The fourth-order valence-corrected chi connectivity index (χ4v) is 4.39. The largest absolute Gasteiger partial charge is 0.486 e. The van der Waals surface area contributed by atoms with Gasteiger partial charge in [0.25, 0.3) is 0 Å². The second-order valence-electron chi connectivity index (χ2n) is 7.04. The van der Waals surface area contributed by atoms with Crippen LogP contribution in [-0.2, 0) is 14.9 Å². The lowest BCUT2D eigenvalue weighted by Crippen LogP contribution is -2.42. The Morgan fingerprint density at radius 3 is 2.12 bits per heavy atom. The maximum atomic E-state index is 10.1. The monoisotopic (exact) mass is 329 g/mol. The number of nitriles is 1. The van der Waals surface area contributed by atoms with Crippen LogP contribution < -0.4 is 9.47 Å². The van der Waals surface area contributed by atoms with E-state index in [0.717, 1.165) is 41.0 Å². The maximum absolute atomic E-state index is 10.1. The summed E-state index contributed by atoms with van der Waals surface area (Å²) in [6, 6.07) is 4.71. The molecule has 128 valence electrons. The first-order chi connectivity index (χ1) is 11.6. The summed E-state index contributed by atoms with van der Waals surface area (Å²) in [5.74, 6) is 1.09. The summed E-state index contributed by atoms with van der Waals surface area (Å²) < 4.78 is 23.5. The Labute approximate surface area is 142 Å². The Morgan fingerprint density at radius 2 is 1.50 bits per heavy atom. The number of ether oxygens (including phenoxy) is 4. The zero-order valence-corrected chi connectivity index (χ0v) is 14.3. The minimum atomic E-state index is -0.566. The van der Waals surface area contributed by atoms with Gasteiger partial charge in [-0.15, -0.1) is 0 Å². The molecule has 1 aromatic carbocycles. The SMILES string of the molecule is Cc1cc(C)c(C2(C#N)CCC3(CC2)OCCO3)c2c1OCCO2. The second kappa shape index (κ2) is 5.65. The third-order valence-corrected chi connectivity index (χ3v) is 5.57. The molecule has 0 bridgehead atoms. The highest BCUT2D eigenvalue weighted by Crippen LogP contribution is 2.52. The highest BCUT2D eigenvalue weighted by Gasteiger charge is 2.49. The molecule has 5 heteroatoms. The Hall–Kier alpha value is -1.77. The number of fused-ring (bicyclic) bond motifs is 1. The number of aryl methyl sites for hydroxylation is 2. The molecule has 2 heterocycles. The number of hydrogen-bond donors (Lipinski definition) is 0. The van der Waals surface area contributed by atoms with Gasteiger partial charge in [0.1, 0.15) is 13.2 Å². The predicted octanol–water partition coefficient (Wildman–Crippen LogP) is 3.15. The average Bonchev–Trinajstić information content (AvgIpc) is 3.05. The van der Waals surface area contributed by atoms with Crippen LogP contribution in [0.2, 0.25) is 0 Å². The zero-order chi connectivity index (χ0) is 16.8. The van der Waals surface area contributed by atoms with Crippen LogP contribution in [0.1, 0.15) is 42.4 Å². The van der Waals surface area contributed by atoms with Crippen LogP contribution in [0, 0.1) is 25.2 Å². The minimum Gasteiger partial charge on any atom is -0.486 e. The van der Waals surface area contributed by atoms with Crippen molar-refractivity contribution in [1.29, 1.82) is 5.26 Å². The summed E-state index contributed by atoms with van der Waals surface area (Å²) >= 11 is 0. The van der Waals surface area contributed by atoms with Gasteiger partial charge in [-0.1, -0.05) is 6.07 Å². The van der Waals surface area contributed by atoms with Crippen LogP contribution in [0.5, 0.6) is 11.5 Å². The first-order valence-electron chi connectivity index (χ1n) is 8.69. The fraction of sp³-hybridized carbons (Fsp3) is 0.632. The van der Waals surface area contributed by atoms with E-state index in [1.165, 1.54) is 0 Å².